The molecule has 0 aliphatic carbocycles. The molecule has 0 unspecified atom stereocenters. The van der Waals surface area contributed by atoms with Crippen LogP contribution in [0.5, 0.6) is 5.75 Å². The predicted molar refractivity (Wildman–Crippen MR) is 68.6 cm³/mol. The Kier molecular flexibility index (Phi) is 3.37. The summed E-state index contributed by atoms with van der Waals surface area (Å²) >= 11 is 0. The summed E-state index contributed by atoms with van der Waals surface area (Å²) in [5, 5.41) is 0. The number of rotatable bonds is 2. The molecule has 94 valence electrons. The van der Waals surface area contributed by atoms with Crippen LogP contribution in [0.15, 0.2) is 40.8 Å². The maximum Gasteiger partial charge on any atom is 0.414 e. The minimum atomic E-state index is -0.392. The van der Waals surface area contributed by atoms with Crippen molar-refractivity contribution in [2.45, 2.75) is 6.92 Å². The second-order valence-corrected chi connectivity index (χ2v) is 4.20. The van der Waals surface area contributed by atoms with Crippen LogP contribution in [0.1, 0.15) is 5.76 Å². The molecule has 4 heteroatoms. The maximum absolute atomic E-state index is 11.4. The van der Waals surface area contributed by atoms with Crippen molar-refractivity contribution >= 4 is 6.09 Å². The molecule has 0 saturated carbocycles. The number of nitrogens with zero attached hydrogens (tertiary/aromatic N) is 1. The van der Waals surface area contributed by atoms with Gasteiger partial charge in [-0.3, -0.25) is 0 Å². The fourth-order valence-corrected chi connectivity index (χ4v) is 1.47. The van der Waals surface area contributed by atoms with Gasteiger partial charge >= 0.3 is 6.09 Å². The Labute approximate surface area is 106 Å². The van der Waals surface area contributed by atoms with Crippen LogP contribution in [-0.4, -0.2) is 25.1 Å². The van der Waals surface area contributed by atoms with Crippen LogP contribution in [0.25, 0.3) is 11.3 Å². The first-order chi connectivity index (χ1) is 8.56. The number of carbonyl (C=O) groups is 1. The fraction of sp³-hybridized carbons (Fsp3) is 0.214. The minimum absolute atomic E-state index is 0.392. The monoisotopic (exact) mass is 245 g/mol. The van der Waals surface area contributed by atoms with E-state index in [1.54, 1.807) is 26.2 Å². The molecule has 0 saturated heterocycles. The van der Waals surface area contributed by atoms with Crippen molar-refractivity contribution in [1.29, 1.82) is 0 Å². The Morgan fingerprint density at radius 3 is 2.28 bits per heavy atom. The van der Waals surface area contributed by atoms with E-state index in [2.05, 4.69) is 0 Å². The van der Waals surface area contributed by atoms with Crippen LogP contribution in [0, 0.1) is 6.92 Å². The molecule has 0 fully saturated rings. The Balaban J connectivity index is 2.13. The van der Waals surface area contributed by atoms with E-state index in [4.69, 9.17) is 9.15 Å². The molecule has 0 aliphatic heterocycles. The van der Waals surface area contributed by atoms with Gasteiger partial charge in [0.05, 0.1) is 0 Å². The summed E-state index contributed by atoms with van der Waals surface area (Å²) in [6, 6.07) is 11.0. The van der Waals surface area contributed by atoms with Gasteiger partial charge in [0.15, 0.2) is 0 Å². The predicted octanol–water partition coefficient (Wildman–Crippen LogP) is 3.32. The second kappa shape index (κ2) is 4.96. The number of ether oxygens (including phenoxy) is 1. The smallest absolute Gasteiger partial charge is 0.414 e. The topological polar surface area (TPSA) is 42.7 Å². The normalized spacial score (nSPS) is 10.2. The van der Waals surface area contributed by atoms with E-state index in [0.717, 1.165) is 17.1 Å². The standard InChI is InChI=1S/C14H15NO3/c1-10-4-9-13(17-10)11-5-7-12(8-6-11)18-14(16)15(2)3/h4-9H,1-3H3. The van der Waals surface area contributed by atoms with Gasteiger partial charge in [-0.25, -0.2) is 4.79 Å². The molecule has 1 heterocycles. The molecular formula is C14H15NO3. The van der Waals surface area contributed by atoms with E-state index < -0.39 is 6.09 Å². The molecule has 1 aromatic heterocycles. The van der Waals surface area contributed by atoms with Crippen molar-refractivity contribution in [3.8, 4) is 17.1 Å². The summed E-state index contributed by atoms with van der Waals surface area (Å²) < 4.78 is 10.6. The Bertz CT molecular complexity index is 540. The van der Waals surface area contributed by atoms with Crippen molar-refractivity contribution in [3.63, 3.8) is 0 Å². The van der Waals surface area contributed by atoms with Crippen LogP contribution >= 0.6 is 0 Å². The zero-order valence-corrected chi connectivity index (χ0v) is 10.6. The summed E-state index contributed by atoms with van der Waals surface area (Å²) in [5.74, 6) is 2.19. The molecule has 1 amide bonds. The first kappa shape index (κ1) is 12.2. The van der Waals surface area contributed by atoms with E-state index in [1.165, 1.54) is 4.90 Å². The quantitative estimate of drug-likeness (QED) is 0.815. The van der Waals surface area contributed by atoms with Gasteiger partial charge in [-0.15, -0.1) is 0 Å². The van der Waals surface area contributed by atoms with Gasteiger partial charge in [0.2, 0.25) is 0 Å². The Morgan fingerprint density at radius 1 is 1.11 bits per heavy atom. The van der Waals surface area contributed by atoms with Crippen LogP contribution in [0.4, 0.5) is 4.79 Å². The molecule has 2 rings (SSSR count). The molecule has 4 nitrogen and oxygen atoms in total. The minimum Gasteiger partial charge on any atom is -0.461 e. The summed E-state index contributed by atoms with van der Waals surface area (Å²) in [7, 11) is 3.28. The van der Waals surface area contributed by atoms with Crippen LogP contribution in [0.2, 0.25) is 0 Å². The molecule has 0 radical (unpaired) electrons. The lowest BCUT2D eigenvalue weighted by Crippen LogP contribution is -2.25. The van der Waals surface area contributed by atoms with Gasteiger partial charge < -0.3 is 14.1 Å². The summed E-state index contributed by atoms with van der Waals surface area (Å²) in [4.78, 5) is 12.7. The molecule has 0 aliphatic rings. The van der Waals surface area contributed by atoms with Crippen molar-refractivity contribution in [1.82, 2.24) is 4.90 Å². The lowest BCUT2D eigenvalue weighted by atomic mass is 10.2. The molecule has 0 spiro atoms. The molecule has 1 aromatic carbocycles. The molecule has 0 atom stereocenters. The van der Waals surface area contributed by atoms with Gasteiger partial charge in [-0.1, -0.05) is 0 Å². The number of aryl methyl sites for hydroxylation is 1. The lowest BCUT2D eigenvalue weighted by Gasteiger charge is -2.10. The highest BCUT2D eigenvalue weighted by molar-refractivity contribution is 5.70. The highest BCUT2D eigenvalue weighted by Crippen LogP contribution is 2.24. The largest absolute Gasteiger partial charge is 0.461 e. The van der Waals surface area contributed by atoms with E-state index in [9.17, 15) is 4.79 Å². The summed E-state index contributed by atoms with van der Waals surface area (Å²) in [6.07, 6.45) is -0.392. The fourth-order valence-electron chi connectivity index (χ4n) is 1.47. The van der Waals surface area contributed by atoms with Gasteiger partial charge in [0, 0.05) is 19.7 Å². The zero-order valence-electron chi connectivity index (χ0n) is 10.6. The van der Waals surface area contributed by atoms with Gasteiger partial charge in [0.25, 0.3) is 0 Å². The van der Waals surface area contributed by atoms with E-state index in [1.807, 2.05) is 31.2 Å². The van der Waals surface area contributed by atoms with Gasteiger partial charge in [-0.05, 0) is 43.3 Å². The lowest BCUT2D eigenvalue weighted by molar-refractivity contribution is 0.172. The third-order valence-electron chi connectivity index (χ3n) is 2.45. The Hall–Kier alpha value is -2.23. The summed E-state index contributed by atoms with van der Waals surface area (Å²) in [6.45, 7) is 1.90. The zero-order chi connectivity index (χ0) is 13.1. The van der Waals surface area contributed by atoms with Crippen molar-refractivity contribution < 1.29 is 13.9 Å². The number of hydrogen-bond donors (Lipinski definition) is 0. The first-order valence-corrected chi connectivity index (χ1v) is 5.62. The third kappa shape index (κ3) is 2.71. The Morgan fingerprint density at radius 2 is 1.78 bits per heavy atom. The SMILES string of the molecule is Cc1ccc(-c2ccc(OC(=O)N(C)C)cc2)o1. The van der Waals surface area contributed by atoms with Gasteiger partial charge in [-0.2, -0.15) is 0 Å². The molecule has 0 N–H and O–H groups in total. The maximum atomic E-state index is 11.4. The molecule has 2 aromatic rings. The van der Waals surface area contributed by atoms with E-state index in [0.29, 0.717) is 5.75 Å². The van der Waals surface area contributed by atoms with Crippen molar-refractivity contribution in [2.24, 2.45) is 0 Å². The molecule has 18 heavy (non-hydrogen) atoms. The molecule has 0 bridgehead atoms. The second-order valence-electron chi connectivity index (χ2n) is 4.20. The first-order valence-electron chi connectivity index (χ1n) is 5.62. The van der Waals surface area contributed by atoms with E-state index >= 15 is 0 Å². The van der Waals surface area contributed by atoms with Crippen LogP contribution in [0.3, 0.4) is 0 Å². The summed E-state index contributed by atoms with van der Waals surface area (Å²) in [5.41, 5.74) is 0.952. The van der Waals surface area contributed by atoms with Crippen molar-refractivity contribution in [2.75, 3.05) is 14.1 Å². The number of carbonyl (C=O) groups excluding carboxylic acids is 1. The van der Waals surface area contributed by atoms with Crippen molar-refractivity contribution in [3.05, 3.63) is 42.2 Å². The number of amides is 1. The molecular weight excluding hydrogens is 230 g/mol. The average Bonchev–Trinajstić information content (AvgIpc) is 2.76. The van der Waals surface area contributed by atoms with E-state index in [-0.39, 0.29) is 0 Å². The highest BCUT2D eigenvalue weighted by atomic mass is 16.6. The number of benzene rings is 1. The highest BCUT2D eigenvalue weighted by Gasteiger charge is 2.07. The average molecular weight is 245 g/mol. The van der Waals surface area contributed by atoms with Crippen LogP contribution < -0.4 is 4.74 Å². The number of hydrogen-bond acceptors (Lipinski definition) is 3. The van der Waals surface area contributed by atoms with Gasteiger partial charge in [0.1, 0.15) is 17.3 Å². The van der Waals surface area contributed by atoms with Crippen LogP contribution in [-0.2, 0) is 0 Å². The number of furan rings is 1. The third-order valence-corrected chi connectivity index (χ3v) is 2.45.